The van der Waals surface area contributed by atoms with Gasteiger partial charge >= 0.3 is 0 Å². The highest BCUT2D eigenvalue weighted by Gasteiger charge is 2.24. The van der Waals surface area contributed by atoms with Crippen LogP contribution in [0.2, 0.25) is 0 Å². The third kappa shape index (κ3) is 4.10. The van der Waals surface area contributed by atoms with Crippen molar-refractivity contribution in [1.82, 2.24) is 0 Å². The zero-order valence-corrected chi connectivity index (χ0v) is 12.6. The van der Waals surface area contributed by atoms with Gasteiger partial charge in [-0.3, -0.25) is 0 Å². The van der Waals surface area contributed by atoms with Crippen LogP contribution in [0.25, 0.3) is 0 Å². The molecule has 88 valence electrons. The van der Waals surface area contributed by atoms with Crippen molar-refractivity contribution in [2.45, 2.75) is 57.8 Å². The molecule has 2 aliphatic rings. The fourth-order valence-corrected chi connectivity index (χ4v) is 5.16. The number of halogens is 1. The van der Waals surface area contributed by atoms with Crippen LogP contribution in [0.3, 0.4) is 0 Å². The molecular weight excluding hydrogens is 315 g/mol. The van der Waals surface area contributed by atoms with Crippen LogP contribution in [-0.2, 0) is 0 Å². The first-order chi connectivity index (χ1) is 7.38. The average Bonchev–Trinajstić information content (AvgIpc) is 2.58. The molecule has 0 N–H and O–H groups in total. The first-order valence-corrected chi connectivity index (χ1v) is 10.1. The zero-order chi connectivity index (χ0) is 10.5. The molecular formula is C13H23IS. The van der Waals surface area contributed by atoms with Crippen molar-refractivity contribution in [1.29, 1.82) is 0 Å². The summed E-state index contributed by atoms with van der Waals surface area (Å²) in [4.78, 5) is 0. The first kappa shape index (κ1) is 12.5. The second-order valence-electron chi connectivity index (χ2n) is 5.55. The monoisotopic (exact) mass is 338 g/mol. The normalized spacial score (nSPS) is 31.8. The van der Waals surface area contributed by atoms with Crippen molar-refractivity contribution < 1.29 is 0 Å². The van der Waals surface area contributed by atoms with E-state index in [9.17, 15) is 0 Å². The molecule has 2 rings (SSSR count). The van der Waals surface area contributed by atoms with E-state index in [1.165, 1.54) is 31.4 Å². The Morgan fingerprint density at radius 2 is 1.67 bits per heavy atom. The van der Waals surface area contributed by atoms with Gasteiger partial charge in [0.25, 0.3) is 0 Å². The summed E-state index contributed by atoms with van der Waals surface area (Å²) in [6.45, 7) is 0. The third-order valence-corrected chi connectivity index (χ3v) is 6.07. The quantitative estimate of drug-likeness (QED) is 0.580. The van der Waals surface area contributed by atoms with E-state index in [1.807, 2.05) is 8.93 Å². The van der Waals surface area contributed by atoms with Gasteiger partial charge in [-0.15, -0.1) is 0 Å². The molecule has 0 spiro atoms. The first-order valence-electron chi connectivity index (χ1n) is 6.62. The van der Waals surface area contributed by atoms with Crippen LogP contribution in [0.1, 0.15) is 57.8 Å². The molecule has 2 fully saturated rings. The lowest BCUT2D eigenvalue weighted by molar-refractivity contribution is 0.278. The molecule has 0 radical (unpaired) electrons. The number of hydrogen-bond donors (Lipinski definition) is 0. The minimum atomic E-state index is 1.06. The fourth-order valence-electron chi connectivity index (χ4n) is 3.16. The molecule has 2 unspecified atom stereocenters. The minimum absolute atomic E-state index is 1.06. The predicted octanol–water partition coefficient (Wildman–Crippen LogP) is 5.46. The highest BCUT2D eigenvalue weighted by Crippen LogP contribution is 2.38. The Morgan fingerprint density at radius 3 is 2.33 bits per heavy atom. The second kappa shape index (κ2) is 6.73. The van der Waals surface area contributed by atoms with Gasteiger partial charge < -0.3 is 0 Å². The van der Waals surface area contributed by atoms with Crippen LogP contribution in [0.4, 0.5) is 0 Å². The smallest absolute Gasteiger partial charge is 0.00619 e. The van der Waals surface area contributed by atoms with Crippen molar-refractivity contribution in [2.75, 3.05) is 5.75 Å². The van der Waals surface area contributed by atoms with Crippen LogP contribution >= 0.6 is 30.1 Å². The van der Waals surface area contributed by atoms with E-state index >= 15 is 0 Å². The average molecular weight is 338 g/mol. The van der Waals surface area contributed by atoms with Gasteiger partial charge in [0.2, 0.25) is 0 Å². The fraction of sp³-hybridized carbons (Fsp3) is 1.00. The second-order valence-corrected chi connectivity index (χ2v) is 7.97. The van der Waals surface area contributed by atoms with Crippen LogP contribution in [0, 0.1) is 17.8 Å². The van der Waals surface area contributed by atoms with Gasteiger partial charge in [-0.1, -0.05) is 53.9 Å². The van der Waals surface area contributed by atoms with Gasteiger partial charge in [0.1, 0.15) is 0 Å². The van der Waals surface area contributed by atoms with E-state index < -0.39 is 0 Å². The number of hydrogen-bond acceptors (Lipinski definition) is 1. The van der Waals surface area contributed by atoms with E-state index in [4.69, 9.17) is 0 Å². The Morgan fingerprint density at radius 1 is 0.933 bits per heavy atom. The summed E-state index contributed by atoms with van der Waals surface area (Å²) in [7, 11) is 2.01. The molecule has 0 aromatic heterocycles. The molecule has 2 atom stereocenters. The van der Waals surface area contributed by atoms with Gasteiger partial charge in [-0.05, 0) is 51.8 Å². The van der Waals surface area contributed by atoms with Crippen LogP contribution in [0.15, 0.2) is 0 Å². The molecule has 0 nitrogen and oxygen atoms in total. The summed E-state index contributed by atoms with van der Waals surface area (Å²) in [5.74, 6) is 4.69. The molecule has 0 heterocycles. The number of rotatable bonds is 6. The molecule has 0 saturated heterocycles. The molecule has 0 aromatic rings. The standard InChI is InChI=1S/C13H23IS/c14-15-10-13-8-7-12(9-13)6-2-5-11-3-1-4-11/h11-13H,1-10H2. The largest absolute Gasteiger partial charge is 0.0891 e. The van der Waals surface area contributed by atoms with Gasteiger partial charge in [-0.25, -0.2) is 0 Å². The summed E-state index contributed by atoms with van der Waals surface area (Å²) < 4.78 is 0. The van der Waals surface area contributed by atoms with Crippen molar-refractivity contribution in [2.24, 2.45) is 17.8 Å². The summed E-state index contributed by atoms with van der Waals surface area (Å²) in [6, 6.07) is 0. The minimum Gasteiger partial charge on any atom is -0.0891 e. The van der Waals surface area contributed by atoms with E-state index in [0.717, 1.165) is 17.8 Å². The molecule has 2 heteroatoms. The van der Waals surface area contributed by atoms with E-state index in [-0.39, 0.29) is 0 Å². The predicted molar refractivity (Wildman–Crippen MR) is 78.5 cm³/mol. The summed E-state index contributed by atoms with van der Waals surface area (Å²) in [5.41, 5.74) is 0. The Bertz CT molecular complexity index is 179. The lowest BCUT2D eigenvalue weighted by atomic mass is 9.81. The maximum Gasteiger partial charge on any atom is 0.00619 e. The maximum absolute atomic E-state index is 2.45. The van der Waals surface area contributed by atoms with E-state index in [1.54, 1.807) is 32.1 Å². The Balaban J connectivity index is 1.52. The molecule has 2 saturated carbocycles. The molecule has 0 aliphatic heterocycles. The van der Waals surface area contributed by atoms with Crippen LogP contribution < -0.4 is 0 Å². The maximum atomic E-state index is 2.45. The summed E-state index contributed by atoms with van der Waals surface area (Å²) in [5, 5.41) is 0. The SMILES string of the molecule is ISCC1CCC(CCCC2CCC2)C1. The van der Waals surface area contributed by atoms with Gasteiger partial charge in [-0.2, -0.15) is 0 Å². The van der Waals surface area contributed by atoms with Crippen molar-refractivity contribution in [3.63, 3.8) is 0 Å². The molecule has 2 aliphatic carbocycles. The zero-order valence-electron chi connectivity index (χ0n) is 9.59. The lowest BCUT2D eigenvalue weighted by Crippen LogP contribution is -2.11. The third-order valence-electron chi connectivity index (χ3n) is 4.40. The highest BCUT2D eigenvalue weighted by atomic mass is 127. The highest BCUT2D eigenvalue weighted by molar-refractivity contribution is 14.2. The topological polar surface area (TPSA) is 0 Å². The molecule has 0 amide bonds. The molecule has 15 heavy (non-hydrogen) atoms. The van der Waals surface area contributed by atoms with Gasteiger partial charge in [0.15, 0.2) is 0 Å². The summed E-state index contributed by atoms with van der Waals surface area (Å²) in [6.07, 6.45) is 13.8. The van der Waals surface area contributed by atoms with E-state index in [2.05, 4.69) is 21.2 Å². The lowest BCUT2D eigenvalue weighted by Gasteiger charge is -2.25. The van der Waals surface area contributed by atoms with Crippen molar-refractivity contribution >= 4 is 30.1 Å². The van der Waals surface area contributed by atoms with Crippen molar-refractivity contribution in [3.8, 4) is 0 Å². The van der Waals surface area contributed by atoms with Crippen molar-refractivity contribution in [3.05, 3.63) is 0 Å². The summed E-state index contributed by atoms with van der Waals surface area (Å²) >= 11 is 2.45. The van der Waals surface area contributed by atoms with Gasteiger partial charge in [0, 0.05) is 5.75 Å². The van der Waals surface area contributed by atoms with Crippen LogP contribution in [-0.4, -0.2) is 5.75 Å². The molecule has 0 aromatic carbocycles. The molecule has 0 bridgehead atoms. The Labute approximate surface area is 111 Å². The van der Waals surface area contributed by atoms with E-state index in [0.29, 0.717) is 0 Å². The Hall–Kier alpha value is 1.08. The Kier molecular flexibility index (Phi) is 5.62. The van der Waals surface area contributed by atoms with Gasteiger partial charge in [0.05, 0.1) is 0 Å². The van der Waals surface area contributed by atoms with Crippen LogP contribution in [0.5, 0.6) is 0 Å².